The third kappa shape index (κ3) is 2.95. The number of nitrogens with one attached hydrogen (secondary N) is 1. The van der Waals surface area contributed by atoms with Crippen LogP contribution < -0.4 is 4.72 Å². The molecular weight excluding hydrogens is 271 g/mol. The molecule has 0 atom stereocenters. The van der Waals surface area contributed by atoms with E-state index in [0.717, 1.165) is 0 Å². The lowest BCUT2D eigenvalue weighted by atomic mass is 10.3. The standard InChI is InChI=1S/C9H10Cl2N2O2S/c1-3-4-12-16(14,15)8-6(2)5-7(10)13-9(8)11/h3,5,12H,1,4H2,2H3. The van der Waals surface area contributed by atoms with Crippen LogP contribution in [0.15, 0.2) is 23.6 Å². The van der Waals surface area contributed by atoms with Crippen LogP contribution >= 0.6 is 23.2 Å². The fraction of sp³-hybridized carbons (Fsp3) is 0.222. The number of rotatable bonds is 4. The van der Waals surface area contributed by atoms with Gasteiger partial charge < -0.3 is 0 Å². The molecular formula is C9H10Cl2N2O2S. The highest BCUT2D eigenvalue weighted by molar-refractivity contribution is 7.89. The Bertz CT molecular complexity index is 491. The number of aromatic nitrogens is 1. The first kappa shape index (κ1) is 13.4. The first-order valence-corrected chi connectivity index (χ1v) is 6.55. The predicted octanol–water partition coefficient (Wildman–Crippen LogP) is 2.16. The number of hydrogen-bond donors (Lipinski definition) is 1. The van der Waals surface area contributed by atoms with Gasteiger partial charge in [-0.05, 0) is 18.6 Å². The molecule has 0 spiro atoms. The molecule has 1 aromatic heterocycles. The highest BCUT2D eigenvalue weighted by Crippen LogP contribution is 2.25. The molecule has 88 valence electrons. The van der Waals surface area contributed by atoms with Gasteiger partial charge in [0.25, 0.3) is 0 Å². The van der Waals surface area contributed by atoms with Crippen LogP contribution in [0, 0.1) is 6.92 Å². The Kier molecular flexibility index (Phi) is 4.32. The van der Waals surface area contributed by atoms with Crippen molar-refractivity contribution in [3.63, 3.8) is 0 Å². The highest BCUT2D eigenvalue weighted by Gasteiger charge is 2.21. The van der Waals surface area contributed by atoms with Crippen LogP contribution in [0.25, 0.3) is 0 Å². The number of aryl methyl sites for hydroxylation is 1. The van der Waals surface area contributed by atoms with E-state index in [2.05, 4.69) is 16.3 Å². The molecule has 0 unspecified atom stereocenters. The molecule has 0 bridgehead atoms. The molecule has 0 amide bonds. The molecule has 0 fully saturated rings. The summed E-state index contributed by atoms with van der Waals surface area (Å²) < 4.78 is 25.9. The molecule has 4 nitrogen and oxygen atoms in total. The largest absolute Gasteiger partial charge is 0.244 e. The third-order valence-corrected chi connectivity index (χ3v) is 3.95. The number of nitrogens with zero attached hydrogens (tertiary/aromatic N) is 1. The maximum absolute atomic E-state index is 11.8. The monoisotopic (exact) mass is 280 g/mol. The minimum absolute atomic E-state index is 0.0552. The van der Waals surface area contributed by atoms with E-state index in [1.54, 1.807) is 6.92 Å². The molecule has 7 heteroatoms. The zero-order valence-electron chi connectivity index (χ0n) is 8.50. The Balaban J connectivity index is 3.28. The van der Waals surface area contributed by atoms with E-state index in [0.29, 0.717) is 5.56 Å². The molecule has 0 saturated carbocycles. The summed E-state index contributed by atoms with van der Waals surface area (Å²) in [6.45, 7) is 5.14. The lowest BCUT2D eigenvalue weighted by molar-refractivity contribution is 0.584. The summed E-state index contributed by atoms with van der Waals surface area (Å²) >= 11 is 11.4. The van der Waals surface area contributed by atoms with Crippen LogP contribution in [0.3, 0.4) is 0 Å². The van der Waals surface area contributed by atoms with Gasteiger partial charge in [-0.3, -0.25) is 0 Å². The molecule has 1 rings (SSSR count). The second-order valence-corrected chi connectivity index (χ2v) is 5.47. The first-order valence-electron chi connectivity index (χ1n) is 4.31. The van der Waals surface area contributed by atoms with Gasteiger partial charge in [-0.25, -0.2) is 18.1 Å². The van der Waals surface area contributed by atoms with E-state index in [1.165, 1.54) is 12.1 Å². The third-order valence-electron chi connectivity index (χ3n) is 1.77. The Hall–Kier alpha value is -0.620. The average Bonchev–Trinajstić information content (AvgIpc) is 2.12. The average molecular weight is 281 g/mol. The normalized spacial score (nSPS) is 11.4. The lowest BCUT2D eigenvalue weighted by Crippen LogP contribution is -2.25. The quantitative estimate of drug-likeness (QED) is 0.679. The van der Waals surface area contributed by atoms with Crippen molar-refractivity contribution in [3.05, 3.63) is 34.6 Å². The predicted molar refractivity (Wildman–Crippen MR) is 64.4 cm³/mol. The van der Waals surface area contributed by atoms with E-state index in [-0.39, 0.29) is 21.7 Å². The fourth-order valence-corrected chi connectivity index (χ4v) is 3.22. The molecule has 0 aliphatic heterocycles. The summed E-state index contributed by atoms with van der Waals surface area (Å²) in [6, 6.07) is 1.44. The van der Waals surface area contributed by atoms with Gasteiger partial charge in [0.05, 0.1) is 0 Å². The summed E-state index contributed by atoms with van der Waals surface area (Å²) in [6.07, 6.45) is 1.43. The summed E-state index contributed by atoms with van der Waals surface area (Å²) in [7, 11) is -3.67. The van der Waals surface area contributed by atoms with Crippen LogP contribution in [0.1, 0.15) is 5.56 Å². The number of hydrogen-bond acceptors (Lipinski definition) is 3. The van der Waals surface area contributed by atoms with Gasteiger partial charge in [0.2, 0.25) is 10.0 Å². The highest BCUT2D eigenvalue weighted by atomic mass is 35.5. The van der Waals surface area contributed by atoms with Crippen LogP contribution in [0.4, 0.5) is 0 Å². The van der Waals surface area contributed by atoms with Crippen LogP contribution in [-0.4, -0.2) is 19.9 Å². The molecule has 1 aromatic rings. The van der Waals surface area contributed by atoms with Crippen LogP contribution in [0.5, 0.6) is 0 Å². The van der Waals surface area contributed by atoms with Crippen molar-refractivity contribution in [2.24, 2.45) is 0 Å². The Morgan fingerprint density at radius 1 is 1.56 bits per heavy atom. The topological polar surface area (TPSA) is 59.1 Å². The van der Waals surface area contributed by atoms with Crippen molar-refractivity contribution >= 4 is 33.2 Å². The SMILES string of the molecule is C=CCNS(=O)(=O)c1c(C)cc(Cl)nc1Cl. The Morgan fingerprint density at radius 2 is 2.19 bits per heavy atom. The van der Waals surface area contributed by atoms with Crippen molar-refractivity contribution in [1.82, 2.24) is 9.71 Å². The van der Waals surface area contributed by atoms with Gasteiger partial charge in [0, 0.05) is 6.54 Å². The van der Waals surface area contributed by atoms with E-state index in [9.17, 15) is 8.42 Å². The second kappa shape index (κ2) is 5.14. The lowest BCUT2D eigenvalue weighted by Gasteiger charge is -2.09. The molecule has 0 aromatic carbocycles. The van der Waals surface area contributed by atoms with Crippen LogP contribution in [-0.2, 0) is 10.0 Å². The summed E-state index contributed by atoms with van der Waals surface area (Å²) in [5.74, 6) is 0. The van der Waals surface area contributed by atoms with Crippen LogP contribution in [0.2, 0.25) is 10.3 Å². The van der Waals surface area contributed by atoms with Gasteiger partial charge in [-0.15, -0.1) is 6.58 Å². The molecule has 1 heterocycles. The van der Waals surface area contributed by atoms with Crippen molar-refractivity contribution < 1.29 is 8.42 Å². The maximum atomic E-state index is 11.8. The van der Waals surface area contributed by atoms with Gasteiger partial charge in [0.15, 0.2) is 5.15 Å². The molecule has 0 radical (unpaired) electrons. The van der Waals surface area contributed by atoms with Gasteiger partial charge in [0.1, 0.15) is 10.0 Å². The Morgan fingerprint density at radius 3 is 2.69 bits per heavy atom. The molecule has 1 N–H and O–H groups in total. The summed E-state index contributed by atoms with van der Waals surface area (Å²) in [5, 5.41) is 0.0201. The first-order chi connectivity index (χ1) is 7.38. The van der Waals surface area contributed by atoms with Gasteiger partial charge in [-0.1, -0.05) is 29.3 Å². The van der Waals surface area contributed by atoms with Crippen molar-refractivity contribution in [2.75, 3.05) is 6.54 Å². The molecule has 16 heavy (non-hydrogen) atoms. The maximum Gasteiger partial charge on any atom is 0.244 e. The van der Waals surface area contributed by atoms with E-state index >= 15 is 0 Å². The minimum Gasteiger partial charge on any atom is -0.223 e. The molecule has 0 aliphatic rings. The van der Waals surface area contributed by atoms with E-state index < -0.39 is 10.0 Å². The fourth-order valence-electron chi connectivity index (χ4n) is 1.15. The summed E-state index contributed by atoms with van der Waals surface area (Å²) in [4.78, 5) is 3.64. The zero-order chi connectivity index (χ0) is 12.3. The van der Waals surface area contributed by atoms with E-state index in [4.69, 9.17) is 23.2 Å². The van der Waals surface area contributed by atoms with Gasteiger partial charge >= 0.3 is 0 Å². The van der Waals surface area contributed by atoms with Crippen molar-refractivity contribution in [1.29, 1.82) is 0 Å². The summed E-state index contributed by atoms with van der Waals surface area (Å²) in [5.41, 5.74) is 0.446. The minimum atomic E-state index is -3.67. The number of pyridine rings is 1. The van der Waals surface area contributed by atoms with Crippen molar-refractivity contribution in [2.45, 2.75) is 11.8 Å². The van der Waals surface area contributed by atoms with Crippen molar-refractivity contribution in [3.8, 4) is 0 Å². The second-order valence-electron chi connectivity index (χ2n) is 3.02. The number of halogens is 2. The molecule has 0 saturated heterocycles. The molecule has 0 aliphatic carbocycles. The Labute approximate surface area is 104 Å². The van der Waals surface area contributed by atoms with E-state index in [1.807, 2.05) is 0 Å². The number of sulfonamides is 1. The zero-order valence-corrected chi connectivity index (χ0v) is 10.8. The van der Waals surface area contributed by atoms with Gasteiger partial charge in [-0.2, -0.15) is 0 Å². The smallest absolute Gasteiger partial charge is 0.223 e.